The van der Waals surface area contributed by atoms with Crippen LogP contribution in [-0.2, 0) is 18.3 Å². The van der Waals surface area contributed by atoms with Crippen molar-refractivity contribution in [3.05, 3.63) is 65.4 Å². The maximum absolute atomic E-state index is 12.1. The van der Waals surface area contributed by atoms with E-state index in [1.807, 2.05) is 12.1 Å². The van der Waals surface area contributed by atoms with Crippen LogP contribution < -0.4 is 4.74 Å². The van der Waals surface area contributed by atoms with Gasteiger partial charge in [-0.15, -0.1) is 0 Å². The average molecular weight is 362 g/mol. The van der Waals surface area contributed by atoms with Crippen molar-refractivity contribution in [3.8, 4) is 5.75 Å². The van der Waals surface area contributed by atoms with Gasteiger partial charge in [0.2, 0.25) is 0 Å². The number of ether oxygens (including phenoxy) is 1. The van der Waals surface area contributed by atoms with E-state index in [2.05, 4.69) is 53.3 Å². The summed E-state index contributed by atoms with van der Waals surface area (Å²) in [5, 5.41) is 13.3. The first kappa shape index (κ1) is 16.8. The SMILES string of the molecule is COc1cccc([C@@]23CCN(C)C[C@@]2(O)Cc2c([nH]c4ccccc24)C3)c1. The van der Waals surface area contributed by atoms with Gasteiger partial charge in [-0.1, -0.05) is 30.3 Å². The van der Waals surface area contributed by atoms with E-state index in [1.165, 1.54) is 27.7 Å². The summed E-state index contributed by atoms with van der Waals surface area (Å²) in [5.41, 5.74) is 3.79. The summed E-state index contributed by atoms with van der Waals surface area (Å²) in [4.78, 5) is 5.91. The number of methoxy groups -OCH3 is 1. The zero-order valence-corrected chi connectivity index (χ0v) is 16.0. The van der Waals surface area contributed by atoms with Crippen LogP contribution in [0.1, 0.15) is 23.2 Å². The summed E-state index contributed by atoms with van der Waals surface area (Å²) in [6, 6.07) is 16.7. The third-order valence-electron chi connectivity index (χ3n) is 6.81. The van der Waals surface area contributed by atoms with Crippen LogP contribution in [0.3, 0.4) is 0 Å². The zero-order chi connectivity index (χ0) is 18.6. The molecule has 27 heavy (non-hydrogen) atoms. The first-order valence-corrected chi connectivity index (χ1v) is 9.69. The van der Waals surface area contributed by atoms with Crippen molar-refractivity contribution in [3.63, 3.8) is 0 Å². The number of fused-ring (bicyclic) bond motifs is 4. The Bertz CT molecular complexity index is 1010. The van der Waals surface area contributed by atoms with Crippen LogP contribution in [0.4, 0.5) is 0 Å². The minimum atomic E-state index is -0.801. The second-order valence-electron chi connectivity index (χ2n) is 8.31. The smallest absolute Gasteiger partial charge is 0.119 e. The number of hydrogen-bond donors (Lipinski definition) is 2. The highest BCUT2D eigenvalue weighted by atomic mass is 16.5. The van der Waals surface area contributed by atoms with E-state index < -0.39 is 5.60 Å². The molecule has 140 valence electrons. The molecule has 1 saturated heterocycles. The third kappa shape index (κ3) is 2.36. The molecule has 3 aromatic rings. The molecule has 0 bridgehead atoms. The zero-order valence-electron chi connectivity index (χ0n) is 16.0. The Morgan fingerprint density at radius 2 is 1.96 bits per heavy atom. The van der Waals surface area contributed by atoms with Gasteiger partial charge in [-0.3, -0.25) is 0 Å². The van der Waals surface area contributed by atoms with Gasteiger partial charge in [-0.05, 0) is 49.3 Å². The number of hydrogen-bond acceptors (Lipinski definition) is 3. The lowest BCUT2D eigenvalue weighted by Gasteiger charge is -2.56. The van der Waals surface area contributed by atoms with Gasteiger partial charge in [0.1, 0.15) is 5.75 Å². The lowest BCUT2D eigenvalue weighted by atomic mass is 9.56. The molecule has 2 aromatic carbocycles. The molecule has 4 heteroatoms. The Balaban J connectivity index is 1.72. The van der Waals surface area contributed by atoms with Gasteiger partial charge in [0.25, 0.3) is 0 Å². The van der Waals surface area contributed by atoms with Crippen LogP contribution in [0, 0.1) is 0 Å². The third-order valence-corrected chi connectivity index (χ3v) is 6.81. The summed E-state index contributed by atoms with van der Waals surface area (Å²) in [6.45, 7) is 1.66. The second kappa shape index (κ2) is 5.85. The van der Waals surface area contributed by atoms with Crippen LogP contribution in [0.15, 0.2) is 48.5 Å². The highest BCUT2D eigenvalue weighted by molar-refractivity contribution is 5.85. The van der Waals surface area contributed by atoms with Crippen molar-refractivity contribution < 1.29 is 9.84 Å². The van der Waals surface area contributed by atoms with Gasteiger partial charge in [0.05, 0.1) is 12.7 Å². The Morgan fingerprint density at radius 1 is 1.11 bits per heavy atom. The topological polar surface area (TPSA) is 48.5 Å². The van der Waals surface area contributed by atoms with E-state index in [9.17, 15) is 5.11 Å². The van der Waals surface area contributed by atoms with Crippen molar-refractivity contribution in [2.45, 2.75) is 30.3 Å². The Kier molecular flexibility index (Phi) is 3.65. The van der Waals surface area contributed by atoms with E-state index in [1.54, 1.807) is 7.11 Å². The molecule has 5 rings (SSSR count). The molecule has 1 fully saturated rings. The molecule has 2 atom stereocenters. The first-order valence-electron chi connectivity index (χ1n) is 9.69. The number of likely N-dealkylation sites (tertiary alicyclic amines) is 1. The second-order valence-corrected chi connectivity index (χ2v) is 8.31. The first-order chi connectivity index (χ1) is 13.0. The predicted octanol–water partition coefficient (Wildman–Crippen LogP) is 3.28. The normalized spacial score (nSPS) is 28.0. The number of aromatic amines is 1. The summed E-state index contributed by atoms with van der Waals surface area (Å²) < 4.78 is 5.49. The number of piperidine rings is 1. The molecule has 0 amide bonds. The van der Waals surface area contributed by atoms with E-state index >= 15 is 0 Å². The molecule has 2 N–H and O–H groups in total. The molecular weight excluding hydrogens is 336 g/mol. The monoisotopic (exact) mass is 362 g/mol. The fourth-order valence-corrected chi connectivity index (χ4v) is 5.41. The minimum absolute atomic E-state index is 0.304. The van der Waals surface area contributed by atoms with Gasteiger partial charge in [-0.25, -0.2) is 0 Å². The number of β-amino-alcohol motifs (C(OH)–C–C–N with tert-alkyl or cyclic N) is 1. The highest BCUT2D eigenvalue weighted by Gasteiger charge is 2.57. The van der Waals surface area contributed by atoms with Gasteiger partial charge >= 0.3 is 0 Å². The fourth-order valence-electron chi connectivity index (χ4n) is 5.41. The Morgan fingerprint density at radius 3 is 2.81 bits per heavy atom. The van der Waals surface area contributed by atoms with Crippen molar-refractivity contribution >= 4 is 10.9 Å². The van der Waals surface area contributed by atoms with Crippen molar-refractivity contribution in [2.75, 3.05) is 27.2 Å². The molecule has 2 heterocycles. The van der Waals surface area contributed by atoms with Crippen LogP contribution in [0.25, 0.3) is 10.9 Å². The Labute approximate surface area is 159 Å². The van der Waals surface area contributed by atoms with Crippen LogP contribution in [-0.4, -0.2) is 47.8 Å². The number of nitrogens with zero attached hydrogens (tertiary/aromatic N) is 1. The van der Waals surface area contributed by atoms with Crippen LogP contribution >= 0.6 is 0 Å². The highest BCUT2D eigenvalue weighted by Crippen LogP contribution is 2.51. The molecule has 0 saturated carbocycles. The summed E-state index contributed by atoms with van der Waals surface area (Å²) in [5.74, 6) is 0.852. The van der Waals surface area contributed by atoms with Crippen LogP contribution in [0.2, 0.25) is 0 Å². The van der Waals surface area contributed by atoms with E-state index in [-0.39, 0.29) is 5.41 Å². The lowest BCUT2D eigenvalue weighted by Crippen LogP contribution is -2.65. The fraction of sp³-hybridized carbons (Fsp3) is 0.391. The minimum Gasteiger partial charge on any atom is -0.497 e. The van der Waals surface area contributed by atoms with Gasteiger partial charge in [0, 0.05) is 41.4 Å². The average Bonchev–Trinajstić information content (AvgIpc) is 3.02. The standard InChI is InChI=1S/C23H26N2O2/c1-25-11-10-22(16-6-5-7-17(12-16)27-2)14-21-19(13-23(22,26)15-25)18-8-3-4-9-20(18)24-21/h3-9,12,24,26H,10-11,13-15H2,1-2H3/t22-,23-/m0/s1. The number of aromatic nitrogens is 1. The molecule has 0 unspecified atom stereocenters. The van der Waals surface area contributed by atoms with Crippen molar-refractivity contribution in [2.24, 2.45) is 0 Å². The molecule has 0 spiro atoms. The summed E-state index contributed by atoms with van der Waals surface area (Å²) in [7, 11) is 3.81. The predicted molar refractivity (Wildman–Crippen MR) is 107 cm³/mol. The van der Waals surface area contributed by atoms with Crippen LogP contribution in [0.5, 0.6) is 5.75 Å². The lowest BCUT2D eigenvalue weighted by molar-refractivity contribution is -0.0972. The largest absolute Gasteiger partial charge is 0.497 e. The van der Waals surface area contributed by atoms with Crippen molar-refractivity contribution in [1.29, 1.82) is 0 Å². The summed E-state index contributed by atoms with van der Waals surface area (Å²) >= 11 is 0. The van der Waals surface area contributed by atoms with E-state index in [4.69, 9.17) is 4.74 Å². The molecule has 1 aromatic heterocycles. The number of para-hydroxylation sites is 1. The number of benzene rings is 2. The number of nitrogens with one attached hydrogen (secondary N) is 1. The number of likely N-dealkylation sites (N-methyl/N-ethyl adjacent to an activating group) is 1. The Hall–Kier alpha value is -2.30. The summed E-state index contributed by atoms with van der Waals surface area (Å²) in [6.07, 6.45) is 2.43. The molecule has 1 aliphatic heterocycles. The molecular formula is C23H26N2O2. The molecule has 2 aliphatic rings. The maximum Gasteiger partial charge on any atom is 0.119 e. The van der Waals surface area contributed by atoms with E-state index in [0.717, 1.165) is 25.1 Å². The molecule has 1 aliphatic carbocycles. The van der Waals surface area contributed by atoms with Gasteiger partial charge in [0.15, 0.2) is 0 Å². The van der Waals surface area contributed by atoms with Gasteiger partial charge in [-0.2, -0.15) is 0 Å². The molecule has 0 radical (unpaired) electrons. The molecule has 4 nitrogen and oxygen atoms in total. The number of aliphatic hydroxyl groups is 1. The van der Waals surface area contributed by atoms with E-state index in [0.29, 0.717) is 13.0 Å². The number of H-pyrrole nitrogens is 1. The quantitative estimate of drug-likeness (QED) is 0.736. The maximum atomic E-state index is 12.1. The van der Waals surface area contributed by atoms with Gasteiger partial charge < -0.3 is 19.7 Å². The van der Waals surface area contributed by atoms with Crippen molar-refractivity contribution in [1.82, 2.24) is 9.88 Å². The number of rotatable bonds is 2.